The summed E-state index contributed by atoms with van der Waals surface area (Å²) in [5.41, 5.74) is 3.34. The highest BCUT2D eigenvalue weighted by molar-refractivity contribution is 5.92. The molecule has 1 heterocycles. The van der Waals surface area contributed by atoms with E-state index in [9.17, 15) is 4.79 Å². The number of anilines is 1. The van der Waals surface area contributed by atoms with E-state index in [0.29, 0.717) is 0 Å². The van der Waals surface area contributed by atoms with Crippen molar-refractivity contribution in [2.24, 2.45) is 0 Å². The van der Waals surface area contributed by atoms with Gasteiger partial charge in [-0.15, -0.1) is 0 Å². The van der Waals surface area contributed by atoms with Gasteiger partial charge >= 0.3 is 0 Å². The third kappa shape index (κ3) is 4.21. The van der Waals surface area contributed by atoms with E-state index >= 15 is 0 Å². The molecule has 1 aliphatic heterocycles. The summed E-state index contributed by atoms with van der Waals surface area (Å²) in [7, 11) is 1.69. The summed E-state index contributed by atoms with van der Waals surface area (Å²) in [6.45, 7) is 5.11. The van der Waals surface area contributed by atoms with Gasteiger partial charge in [0.1, 0.15) is 5.75 Å². The fourth-order valence-electron chi connectivity index (χ4n) is 3.11. The molecule has 0 aromatic heterocycles. The second-order valence-corrected chi connectivity index (χ2v) is 6.23. The number of nitrogens with zero attached hydrogens (tertiary/aromatic N) is 2. The van der Waals surface area contributed by atoms with Crippen LogP contribution in [0.3, 0.4) is 0 Å². The minimum atomic E-state index is 0.0705. The first-order valence-corrected chi connectivity index (χ1v) is 8.59. The molecule has 2 aromatic carbocycles. The van der Waals surface area contributed by atoms with Gasteiger partial charge in [0, 0.05) is 32.3 Å². The maximum Gasteiger partial charge on any atom is 0.246 e. The van der Waals surface area contributed by atoms with Crippen LogP contribution in [0.1, 0.15) is 11.1 Å². The van der Waals surface area contributed by atoms with Crippen LogP contribution in [-0.2, 0) is 4.79 Å². The minimum Gasteiger partial charge on any atom is -0.495 e. The van der Waals surface area contributed by atoms with E-state index in [1.807, 2.05) is 41.3 Å². The lowest BCUT2D eigenvalue weighted by molar-refractivity contribution is -0.126. The smallest absolute Gasteiger partial charge is 0.246 e. The summed E-state index contributed by atoms with van der Waals surface area (Å²) in [5, 5.41) is 0. The number of amides is 1. The molecule has 1 fully saturated rings. The molecule has 0 N–H and O–H groups in total. The van der Waals surface area contributed by atoms with Crippen molar-refractivity contribution in [2.45, 2.75) is 6.92 Å². The maximum absolute atomic E-state index is 12.4. The van der Waals surface area contributed by atoms with Gasteiger partial charge in [-0.2, -0.15) is 0 Å². The number of ether oxygens (including phenoxy) is 1. The zero-order chi connectivity index (χ0) is 17.6. The summed E-state index contributed by atoms with van der Waals surface area (Å²) in [6, 6.07) is 16.2. The molecular formula is C21H24N2O2. The van der Waals surface area contributed by atoms with Crippen LogP contribution in [0.5, 0.6) is 5.75 Å². The number of hydrogen-bond acceptors (Lipinski definition) is 3. The Morgan fingerprint density at radius 1 is 1.04 bits per heavy atom. The number of aryl methyl sites for hydroxylation is 1. The molecule has 4 nitrogen and oxygen atoms in total. The second-order valence-electron chi connectivity index (χ2n) is 6.23. The van der Waals surface area contributed by atoms with Crippen molar-refractivity contribution in [3.05, 3.63) is 65.7 Å². The van der Waals surface area contributed by atoms with Crippen molar-refractivity contribution in [1.82, 2.24) is 4.90 Å². The average Bonchev–Trinajstić information content (AvgIpc) is 2.66. The number of para-hydroxylation sites is 2. The van der Waals surface area contributed by atoms with Gasteiger partial charge in [0.15, 0.2) is 0 Å². The molecule has 0 atom stereocenters. The van der Waals surface area contributed by atoms with E-state index in [4.69, 9.17) is 4.74 Å². The Bertz CT molecular complexity index is 762. The summed E-state index contributed by atoms with van der Waals surface area (Å²) in [5.74, 6) is 0.947. The van der Waals surface area contributed by atoms with Crippen LogP contribution in [-0.4, -0.2) is 44.1 Å². The van der Waals surface area contributed by atoms with Gasteiger partial charge in [-0.3, -0.25) is 4.79 Å². The molecule has 0 unspecified atom stereocenters. The predicted molar refractivity (Wildman–Crippen MR) is 102 cm³/mol. The lowest BCUT2D eigenvalue weighted by atomic mass is 10.1. The number of piperazine rings is 1. The van der Waals surface area contributed by atoms with Crippen molar-refractivity contribution >= 4 is 17.7 Å². The van der Waals surface area contributed by atoms with Crippen molar-refractivity contribution in [3.8, 4) is 5.75 Å². The summed E-state index contributed by atoms with van der Waals surface area (Å²) in [6.07, 6.45) is 3.56. The fourth-order valence-corrected chi connectivity index (χ4v) is 3.11. The first-order valence-electron chi connectivity index (χ1n) is 8.59. The molecule has 0 aliphatic carbocycles. The quantitative estimate of drug-likeness (QED) is 0.803. The Morgan fingerprint density at radius 2 is 1.80 bits per heavy atom. The van der Waals surface area contributed by atoms with Gasteiger partial charge in [-0.25, -0.2) is 0 Å². The van der Waals surface area contributed by atoms with Crippen molar-refractivity contribution in [1.29, 1.82) is 0 Å². The van der Waals surface area contributed by atoms with Crippen molar-refractivity contribution < 1.29 is 9.53 Å². The molecule has 0 spiro atoms. The Labute approximate surface area is 149 Å². The van der Waals surface area contributed by atoms with Crippen LogP contribution in [0.15, 0.2) is 54.6 Å². The Hall–Kier alpha value is -2.75. The summed E-state index contributed by atoms with van der Waals surface area (Å²) >= 11 is 0. The maximum atomic E-state index is 12.4. The van der Waals surface area contributed by atoms with Gasteiger partial charge in [-0.1, -0.05) is 42.0 Å². The molecule has 0 bridgehead atoms. The zero-order valence-corrected chi connectivity index (χ0v) is 14.8. The molecule has 1 amide bonds. The Morgan fingerprint density at radius 3 is 2.52 bits per heavy atom. The van der Waals surface area contributed by atoms with Gasteiger partial charge < -0.3 is 14.5 Å². The minimum absolute atomic E-state index is 0.0705. The van der Waals surface area contributed by atoms with E-state index < -0.39 is 0 Å². The highest BCUT2D eigenvalue weighted by atomic mass is 16.5. The fraction of sp³-hybridized carbons (Fsp3) is 0.286. The van der Waals surface area contributed by atoms with Crippen LogP contribution >= 0.6 is 0 Å². The average molecular weight is 336 g/mol. The standard InChI is InChI=1S/C21H24N2O2/c1-17-6-5-7-18(16-17)10-11-21(24)23-14-12-22(13-15-23)19-8-3-4-9-20(19)25-2/h3-11,16H,12-15H2,1-2H3/b11-10+. The van der Waals surface area contributed by atoms with Crippen LogP contribution in [0, 0.1) is 6.92 Å². The van der Waals surface area contributed by atoms with Crippen LogP contribution in [0.2, 0.25) is 0 Å². The largest absolute Gasteiger partial charge is 0.495 e. The van der Waals surface area contributed by atoms with E-state index in [0.717, 1.165) is 43.2 Å². The molecule has 0 radical (unpaired) electrons. The van der Waals surface area contributed by atoms with Gasteiger partial charge in [0.2, 0.25) is 5.91 Å². The summed E-state index contributed by atoms with van der Waals surface area (Å²) < 4.78 is 5.44. The Kier molecular flexibility index (Phi) is 5.39. The lowest BCUT2D eigenvalue weighted by Crippen LogP contribution is -2.48. The SMILES string of the molecule is COc1ccccc1N1CCN(C(=O)/C=C/c2cccc(C)c2)CC1. The molecule has 2 aromatic rings. The number of benzene rings is 2. The highest BCUT2D eigenvalue weighted by Crippen LogP contribution is 2.28. The molecule has 25 heavy (non-hydrogen) atoms. The normalized spacial score (nSPS) is 14.8. The van der Waals surface area contributed by atoms with Crippen LogP contribution in [0.4, 0.5) is 5.69 Å². The van der Waals surface area contributed by atoms with Crippen molar-refractivity contribution in [2.75, 3.05) is 38.2 Å². The van der Waals surface area contributed by atoms with Crippen LogP contribution < -0.4 is 9.64 Å². The van der Waals surface area contributed by atoms with Gasteiger partial charge in [-0.05, 0) is 30.7 Å². The first-order chi connectivity index (χ1) is 12.2. The topological polar surface area (TPSA) is 32.8 Å². The third-order valence-corrected chi connectivity index (χ3v) is 4.48. The van der Waals surface area contributed by atoms with E-state index in [2.05, 4.69) is 30.0 Å². The molecule has 130 valence electrons. The number of carbonyl (C=O) groups excluding carboxylic acids is 1. The number of hydrogen-bond donors (Lipinski definition) is 0. The molecular weight excluding hydrogens is 312 g/mol. The van der Waals surface area contributed by atoms with E-state index in [1.54, 1.807) is 13.2 Å². The lowest BCUT2D eigenvalue weighted by Gasteiger charge is -2.36. The first kappa shape index (κ1) is 17.1. The molecule has 4 heteroatoms. The highest BCUT2D eigenvalue weighted by Gasteiger charge is 2.21. The second kappa shape index (κ2) is 7.88. The molecule has 3 rings (SSSR count). The van der Waals surface area contributed by atoms with Crippen LogP contribution in [0.25, 0.3) is 6.08 Å². The third-order valence-electron chi connectivity index (χ3n) is 4.48. The number of methoxy groups -OCH3 is 1. The number of rotatable bonds is 4. The molecule has 1 aliphatic rings. The summed E-state index contributed by atoms with van der Waals surface area (Å²) in [4.78, 5) is 16.6. The van der Waals surface area contributed by atoms with Gasteiger partial charge in [0.25, 0.3) is 0 Å². The van der Waals surface area contributed by atoms with Crippen molar-refractivity contribution in [3.63, 3.8) is 0 Å². The Balaban J connectivity index is 1.59. The number of carbonyl (C=O) groups is 1. The zero-order valence-electron chi connectivity index (χ0n) is 14.8. The monoisotopic (exact) mass is 336 g/mol. The predicted octanol–water partition coefficient (Wildman–Crippen LogP) is 3.37. The van der Waals surface area contributed by atoms with E-state index in [1.165, 1.54) is 5.56 Å². The molecule has 0 saturated carbocycles. The van der Waals surface area contributed by atoms with E-state index in [-0.39, 0.29) is 5.91 Å². The van der Waals surface area contributed by atoms with Gasteiger partial charge in [0.05, 0.1) is 12.8 Å². The molecule has 1 saturated heterocycles.